The van der Waals surface area contributed by atoms with E-state index in [1.165, 1.54) is 6.33 Å². The number of unbranched alkanes of at least 4 members (excludes halogenated alkanes) is 3. The zero-order valence-corrected chi connectivity index (χ0v) is 40.7. The summed E-state index contributed by atoms with van der Waals surface area (Å²) in [4.78, 5) is 103. The van der Waals surface area contributed by atoms with Crippen LogP contribution in [0.15, 0.2) is 97.6 Å². The van der Waals surface area contributed by atoms with Gasteiger partial charge in [-0.25, -0.2) is 15.0 Å². The second-order valence-electron chi connectivity index (χ2n) is 19.0. The molecular formula is C55H55ClN8O8. The van der Waals surface area contributed by atoms with Crippen LogP contribution in [0, 0.1) is 5.92 Å². The molecule has 6 heterocycles. The number of para-hydroxylation sites is 1. The van der Waals surface area contributed by atoms with Gasteiger partial charge in [-0.15, -0.1) is 0 Å². The molecule has 370 valence electrons. The number of amides is 3. The Balaban J connectivity index is 0.650. The number of aromatic amines is 1. The topological polar surface area (TPSA) is 188 Å². The molecule has 16 nitrogen and oxygen atoms in total. The van der Waals surface area contributed by atoms with Crippen molar-refractivity contribution in [3.8, 4) is 17.2 Å². The molecular weight excluding hydrogens is 936 g/mol. The molecule has 10 rings (SSSR count). The van der Waals surface area contributed by atoms with Gasteiger partial charge in [-0.1, -0.05) is 42.6 Å². The first kappa shape index (κ1) is 48.3. The maximum Gasteiger partial charge on any atom is 0.262 e. The first-order valence-electron chi connectivity index (χ1n) is 24.9. The largest absolute Gasteiger partial charge is 0.494 e. The third-order valence-electron chi connectivity index (χ3n) is 14.2. The van der Waals surface area contributed by atoms with Gasteiger partial charge in [-0.3, -0.25) is 38.6 Å². The summed E-state index contributed by atoms with van der Waals surface area (Å²) in [6.07, 6.45) is 11.3. The number of piperidine rings is 1. The van der Waals surface area contributed by atoms with E-state index in [1.807, 2.05) is 47.4 Å². The zero-order chi connectivity index (χ0) is 49.7. The number of hydrogen-bond acceptors (Lipinski definition) is 13. The summed E-state index contributed by atoms with van der Waals surface area (Å²) in [5.74, 6) is 0.837. The quantitative estimate of drug-likeness (QED) is 0.0399. The first-order chi connectivity index (χ1) is 35.1. The Kier molecular flexibility index (Phi) is 14.5. The maximum absolute atomic E-state index is 14.0. The van der Waals surface area contributed by atoms with Crippen LogP contribution in [0.4, 0.5) is 5.82 Å². The molecule has 3 aromatic carbocycles. The number of imide groups is 1. The van der Waals surface area contributed by atoms with Gasteiger partial charge in [0.2, 0.25) is 0 Å². The van der Waals surface area contributed by atoms with Gasteiger partial charge in [-0.2, -0.15) is 0 Å². The molecule has 2 atom stereocenters. The molecule has 0 radical (unpaired) electrons. The summed E-state index contributed by atoms with van der Waals surface area (Å²) >= 11 is 6.67. The summed E-state index contributed by atoms with van der Waals surface area (Å²) in [6.45, 7) is 6.24. The van der Waals surface area contributed by atoms with Gasteiger partial charge in [-0.05, 0) is 106 Å². The lowest BCUT2D eigenvalue weighted by atomic mass is 9.91. The highest BCUT2D eigenvalue weighted by molar-refractivity contribution is 6.35. The minimum atomic E-state index is -0.890. The van der Waals surface area contributed by atoms with Crippen LogP contribution in [0.2, 0.25) is 5.02 Å². The van der Waals surface area contributed by atoms with Crippen LogP contribution in [0.25, 0.3) is 11.0 Å². The Morgan fingerprint density at radius 2 is 1.57 bits per heavy atom. The Bertz CT molecular complexity index is 3030. The molecule has 72 heavy (non-hydrogen) atoms. The van der Waals surface area contributed by atoms with Crippen molar-refractivity contribution in [1.82, 2.24) is 34.6 Å². The highest BCUT2D eigenvalue weighted by Crippen LogP contribution is 2.34. The number of hydrogen-bond donors (Lipinski definition) is 1. The van der Waals surface area contributed by atoms with Gasteiger partial charge in [0.25, 0.3) is 17.7 Å². The summed E-state index contributed by atoms with van der Waals surface area (Å²) in [6, 6.07) is 22.2. The fourth-order valence-electron chi connectivity index (χ4n) is 10.4. The minimum Gasteiger partial charge on any atom is -0.494 e. The summed E-state index contributed by atoms with van der Waals surface area (Å²) in [7, 11) is 0. The number of carbonyl (C=O) groups excluding carboxylic acids is 6. The molecule has 0 spiro atoms. The lowest BCUT2D eigenvalue weighted by Gasteiger charge is -2.35. The number of Topliss-reactive ketones (excluding diaryl/α,β-unsaturated/α-hetero) is 2. The molecule has 2 saturated heterocycles. The molecule has 3 amide bonds. The van der Waals surface area contributed by atoms with Crippen LogP contribution in [0.5, 0.6) is 17.2 Å². The SMILES string of the molecule is O=C1CCC(N2C(=O)c3ccc(OCCCCCCN4CCN(c5ccc(C(=O)N6CCC[C@@H](Cc7ncnc8[nH]cc(C(=O)c9ccc(Oc%10ccccc%10)cc9Cl)c78)C6)cn5)CC4)cc3C2=O)C(=O)C1. The van der Waals surface area contributed by atoms with Gasteiger partial charge in [0, 0.05) is 69.7 Å². The number of likely N-dealkylation sites (tertiary alicyclic amines) is 1. The number of pyridine rings is 1. The van der Waals surface area contributed by atoms with Crippen molar-refractivity contribution < 1.29 is 38.2 Å². The van der Waals surface area contributed by atoms with Gasteiger partial charge in [0.1, 0.15) is 40.8 Å². The number of ketones is 3. The van der Waals surface area contributed by atoms with E-state index in [-0.39, 0.29) is 64.6 Å². The van der Waals surface area contributed by atoms with E-state index >= 15 is 0 Å². The number of piperazine rings is 1. The van der Waals surface area contributed by atoms with Crippen molar-refractivity contribution in [2.24, 2.45) is 5.92 Å². The highest BCUT2D eigenvalue weighted by Gasteiger charge is 2.44. The summed E-state index contributed by atoms with van der Waals surface area (Å²) in [5, 5.41) is 0.934. The second-order valence-corrected chi connectivity index (χ2v) is 19.4. The zero-order valence-electron chi connectivity index (χ0n) is 39.9. The predicted molar refractivity (Wildman–Crippen MR) is 269 cm³/mol. The van der Waals surface area contributed by atoms with Gasteiger partial charge in [0.15, 0.2) is 11.6 Å². The van der Waals surface area contributed by atoms with E-state index in [9.17, 15) is 28.8 Å². The van der Waals surface area contributed by atoms with Crippen molar-refractivity contribution in [3.63, 3.8) is 0 Å². The number of halogens is 1. The Morgan fingerprint density at radius 1 is 0.764 bits per heavy atom. The van der Waals surface area contributed by atoms with Crippen LogP contribution in [-0.4, -0.2) is 128 Å². The van der Waals surface area contributed by atoms with Crippen molar-refractivity contribution in [2.75, 3.05) is 57.3 Å². The molecule has 1 aliphatic carbocycles. The summed E-state index contributed by atoms with van der Waals surface area (Å²) < 4.78 is 11.9. The van der Waals surface area contributed by atoms with Crippen molar-refractivity contribution in [1.29, 1.82) is 0 Å². The van der Waals surface area contributed by atoms with Crippen LogP contribution < -0.4 is 14.4 Å². The average molecular weight is 992 g/mol. The van der Waals surface area contributed by atoms with Crippen molar-refractivity contribution >= 4 is 63.5 Å². The number of aromatic nitrogens is 4. The van der Waals surface area contributed by atoms with Crippen LogP contribution in [0.3, 0.4) is 0 Å². The fraction of sp³-hybridized carbons (Fsp3) is 0.364. The number of carbonyl (C=O) groups is 6. The number of nitrogens with one attached hydrogen (secondary N) is 1. The molecule has 3 aromatic heterocycles. The molecule has 1 N–H and O–H groups in total. The molecule has 4 aliphatic rings. The standard InChI is InChI=1S/C55H55ClN8O8/c56-45-30-40(72-38-10-4-3-5-11-38)15-17-42(45)51(67)44-32-58-52-50(44)46(59-34-60-52)27-35-9-8-21-63(33-35)53(68)36-12-19-49(57-31-36)62-24-22-61(23-25-62)20-6-1-2-7-26-71-39-14-16-41-43(29-39)55(70)64(54(41)69)47-18-13-37(65)28-48(47)66/h3-5,10-12,14-17,19,29-32,34-35,47H,1-2,6-9,13,18,20-28,33H2,(H,58,59,60)/t35-,47?/m0/s1. The predicted octanol–water partition coefficient (Wildman–Crippen LogP) is 8.17. The van der Waals surface area contributed by atoms with Crippen LogP contribution >= 0.6 is 11.6 Å². The maximum atomic E-state index is 14.0. The lowest BCUT2D eigenvalue weighted by molar-refractivity contribution is -0.132. The van der Waals surface area contributed by atoms with Crippen molar-refractivity contribution in [2.45, 2.75) is 70.3 Å². The lowest BCUT2D eigenvalue weighted by Crippen LogP contribution is -2.47. The third-order valence-corrected chi connectivity index (χ3v) is 14.5. The molecule has 3 aliphatic heterocycles. The Labute approximate surface area is 421 Å². The van der Waals surface area contributed by atoms with Crippen molar-refractivity contribution in [3.05, 3.63) is 136 Å². The number of benzene rings is 3. The number of anilines is 1. The normalized spacial score (nSPS) is 18.5. The third kappa shape index (κ3) is 10.5. The van der Waals surface area contributed by atoms with Gasteiger partial charge < -0.3 is 24.3 Å². The monoisotopic (exact) mass is 990 g/mol. The molecule has 3 fully saturated rings. The Morgan fingerprint density at radius 3 is 2.36 bits per heavy atom. The molecule has 6 aromatic rings. The van der Waals surface area contributed by atoms with E-state index in [1.54, 1.807) is 48.8 Å². The number of ether oxygens (including phenoxy) is 2. The highest BCUT2D eigenvalue weighted by atomic mass is 35.5. The number of nitrogens with zero attached hydrogens (tertiary/aromatic N) is 7. The van der Waals surface area contributed by atoms with E-state index in [2.05, 4.69) is 24.8 Å². The van der Waals surface area contributed by atoms with E-state index in [0.29, 0.717) is 71.1 Å². The fourth-order valence-corrected chi connectivity index (χ4v) is 10.6. The Hall–Kier alpha value is -7.30. The smallest absolute Gasteiger partial charge is 0.262 e. The minimum absolute atomic E-state index is 0.0471. The van der Waals surface area contributed by atoms with Gasteiger partial charge >= 0.3 is 0 Å². The number of fused-ring (bicyclic) bond motifs is 2. The van der Waals surface area contributed by atoms with Crippen LogP contribution in [0.1, 0.15) is 110 Å². The molecule has 17 heteroatoms. The number of H-pyrrole nitrogens is 1. The number of rotatable bonds is 17. The van der Waals surface area contributed by atoms with E-state index in [0.717, 1.165) is 87.7 Å². The van der Waals surface area contributed by atoms with E-state index in [4.69, 9.17) is 26.1 Å². The second kappa shape index (κ2) is 21.6. The molecule has 1 unspecified atom stereocenters. The molecule has 0 bridgehead atoms. The average Bonchev–Trinajstić information content (AvgIpc) is 3.94. The first-order valence-corrected chi connectivity index (χ1v) is 25.3. The van der Waals surface area contributed by atoms with Crippen LogP contribution in [-0.2, 0) is 16.0 Å². The van der Waals surface area contributed by atoms with E-state index < -0.39 is 17.9 Å². The summed E-state index contributed by atoms with van der Waals surface area (Å²) in [5.41, 5.74) is 3.15. The molecule has 1 saturated carbocycles. The van der Waals surface area contributed by atoms with Gasteiger partial charge in [0.05, 0.1) is 57.4 Å².